The van der Waals surface area contributed by atoms with Crippen LogP contribution >= 0.6 is 0 Å². The number of ether oxygens (including phenoxy) is 4. The quantitative estimate of drug-likeness (QED) is 0.226. The van der Waals surface area contributed by atoms with Crippen molar-refractivity contribution in [2.24, 2.45) is 5.11 Å². The van der Waals surface area contributed by atoms with Crippen LogP contribution < -0.4 is 11.2 Å². The first-order valence-electron chi connectivity index (χ1n) is 10.3. The highest BCUT2D eigenvalue weighted by Crippen LogP contribution is 2.34. The molecule has 1 saturated heterocycles. The lowest BCUT2D eigenvalue weighted by Gasteiger charge is -2.23. The van der Waals surface area contributed by atoms with E-state index in [1.807, 2.05) is 37.3 Å². The number of methoxy groups -OCH3 is 1. The molecule has 1 aromatic carbocycles. The van der Waals surface area contributed by atoms with E-state index in [1.165, 1.54) is 16.8 Å². The van der Waals surface area contributed by atoms with Crippen LogP contribution in [0.5, 0.6) is 0 Å². The van der Waals surface area contributed by atoms with Crippen molar-refractivity contribution in [1.82, 2.24) is 9.13 Å². The molecule has 1 aliphatic rings. The van der Waals surface area contributed by atoms with Crippen molar-refractivity contribution in [3.8, 4) is 0 Å². The summed E-state index contributed by atoms with van der Waals surface area (Å²) < 4.78 is 24.8. The molecule has 0 aliphatic carbocycles. The number of hydrogen-bond acceptors (Lipinski definition) is 7. The van der Waals surface area contributed by atoms with Crippen molar-refractivity contribution in [2.75, 3.05) is 20.3 Å². The Hall–Kier alpha value is -2.95. The third-order valence-electron chi connectivity index (χ3n) is 5.20. The fourth-order valence-corrected chi connectivity index (χ4v) is 3.60. The normalized spacial score (nSPS) is 22.6. The second-order valence-corrected chi connectivity index (χ2v) is 7.23. The van der Waals surface area contributed by atoms with Gasteiger partial charge in [0.2, 0.25) is 0 Å². The Morgan fingerprint density at radius 1 is 1.19 bits per heavy atom. The summed E-state index contributed by atoms with van der Waals surface area (Å²) in [5.74, 6) is 0. The zero-order valence-corrected chi connectivity index (χ0v) is 18.1. The topological polar surface area (TPSA) is 130 Å². The lowest BCUT2D eigenvalue weighted by molar-refractivity contribution is -0.0745. The molecule has 32 heavy (non-hydrogen) atoms. The van der Waals surface area contributed by atoms with Crippen LogP contribution in [0.25, 0.3) is 10.4 Å². The molecule has 1 aromatic heterocycles. The Bertz CT molecular complexity index is 1030. The maximum absolute atomic E-state index is 13.1. The van der Waals surface area contributed by atoms with Crippen molar-refractivity contribution in [2.45, 2.75) is 51.2 Å². The van der Waals surface area contributed by atoms with Gasteiger partial charge in [-0.15, -0.1) is 0 Å². The number of hydrogen-bond donors (Lipinski definition) is 0. The fourth-order valence-electron chi connectivity index (χ4n) is 3.60. The van der Waals surface area contributed by atoms with Gasteiger partial charge in [-0.2, -0.15) is 0 Å². The van der Waals surface area contributed by atoms with E-state index in [0.29, 0.717) is 13.0 Å². The van der Waals surface area contributed by atoms with Crippen molar-refractivity contribution in [1.29, 1.82) is 0 Å². The minimum Gasteiger partial charge on any atom is -0.382 e. The summed E-state index contributed by atoms with van der Waals surface area (Å²) in [5, 5.41) is 3.85. The van der Waals surface area contributed by atoms with E-state index < -0.39 is 35.7 Å². The molecule has 0 radical (unpaired) electrons. The standard InChI is InChI=1S/C21H27N5O6/c1-3-16-18(23-24-22)19(31-12-11-29-2)20(32-16)25-10-9-17(27)26(21(25)28)14-30-13-15-7-5-4-6-8-15/h4-10,16,18-20H,3,11-14H2,1-2H3/t16-,18-,19-,20-/m1/s1. The van der Waals surface area contributed by atoms with E-state index in [4.69, 9.17) is 24.5 Å². The van der Waals surface area contributed by atoms with Crippen LogP contribution in [-0.4, -0.2) is 47.7 Å². The van der Waals surface area contributed by atoms with Crippen LogP contribution in [0, 0.1) is 0 Å². The summed E-state index contributed by atoms with van der Waals surface area (Å²) in [6.45, 7) is 2.47. The minimum absolute atomic E-state index is 0.216. The van der Waals surface area contributed by atoms with Gasteiger partial charge in [-0.25, -0.2) is 9.36 Å². The number of aromatic nitrogens is 2. The van der Waals surface area contributed by atoms with Gasteiger partial charge < -0.3 is 18.9 Å². The zero-order chi connectivity index (χ0) is 22.9. The Balaban J connectivity index is 1.85. The van der Waals surface area contributed by atoms with Crippen LogP contribution in [-0.2, 0) is 32.3 Å². The lowest BCUT2D eigenvalue weighted by atomic mass is 10.1. The minimum atomic E-state index is -0.874. The Labute approximate surface area is 184 Å². The molecule has 1 fully saturated rings. The molecule has 4 atom stereocenters. The van der Waals surface area contributed by atoms with Gasteiger partial charge in [0, 0.05) is 24.3 Å². The molecule has 0 amide bonds. The highest BCUT2D eigenvalue weighted by Gasteiger charge is 2.45. The van der Waals surface area contributed by atoms with E-state index >= 15 is 0 Å². The van der Waals surface area contributed by atoms with Gasteiger partial charge in [0.05, 0.1) is 32.0 Å². The molecule has 0 saturated carbocycles. The number of azide groups is 1. The molecule has 2 heterocycles. The highest BCUT2D eigenvalue weighted by atomic mass is 16.6. The van der Waals surface area contributed by atoms with Crippen LogP contribution in [0.15, 0.2) is 57.3 Å². The Morgan fingerprint density at radius 2 is 1.97 bits per heavy atom. The van der Waals surface area contributed by atoms with Crippen LogP contribution in [0.4, 0.5) is 0 Å². The molecule has 3 rings (SSSR count). The first-order chi connectivity index (χ1) is 15.6. The second-order valence-electron chi connectivity index (χ2n) is 7.23. The molecule has 0 bridgehead atoms. The molecule has 0 unspecified atom stereocenters. The van der Waals surface area contributed by atoms with Gasteiger partial charge in [0.25, 0.3) is 5.56 Å². The predicted octanol–water partition coefficient (Wildman–Crippen LogP) is 2.20. The maximum atomic E-state index is 13.1. The average Bonchev–Trinajstić information content (AvgIpc) is 3.14. The van der Waals surface area contributed by atoms with Gasteiger partial charge in [0.1, 0.15) is 12.8 Å². The molecule has 1 aliphatic heterocycles. The Kier molecular flexibility index (Phi) is 8.60. The summed E-state index contributed by atoms with van der Waals surface area (Å²) in [4.78, 5) is 28.4. The van der Waals surface area contributed by atoms with E-state index in [9.17, 15) is 9.59 Å². The molecule has 172 valence electrons. The summed E-state index contributed by atoms with van der Waals surface area (Å²) in [7, 11) is 1.54. The number of nitrogens with zero attached hydrogens (tertiary/aromatic N) is 5. The predicted molar refractivity (Wildman–Crippen MR) is 115 cm³/mol. The molecule has 2 aromatic rings. The monoisotopic (exact) mass is 445 g/mol. The van der Waals surface area contributed by atoms with E-state index in [-0.39, 0.29) is 19.9 Å². The van der Waals surface area contributed by atoms with Gasteiger partial charge in [-0.3, -0.25) is 9.36 Å². The van der Waals surface area contributed by atoms with Gasteiger partial charge >= 0.3 is 5.69 Å². The van der Waals surface area contributed by atoms with Gasteiger partial charge in [-0.1, -0.05) is 42.4 Å². The van der Waals surface area contributed by atoms with Gasteiger partial charge in [-0.05, 0) is 17.5 Å². The van der Waals surface area contributed by atoms with Crippen LogP contribution in [0.3, 0.4) is 0 Å². The molecule has 11 nitrogen and oxygen atoms in total. The maximum Gasteiger partial charge on any atom is 0.335 e. The molecule has 0 spiro atoms. The molecule has 11 heteroatoms. The summed E-state index contributed by atoms with van der Waals surface area (Å²) >= 11 is 0. The van der Waals surface area contributed by atoms with Crippen molar-refractivity contribution >= 4 is 0 Å². The smallest absolute Gasteiger partial charge is 0.335 e. The second kappa shape index (κ2) is 11.6. The third kappa shape index (κ3) is 5.45. The third-order valence-corrected chi connectivity index (χ3v) is 5.20. The van der Waals surface area contributed by atoms with E-state index in [2.05, 4.69) is 10.0 Å². The van der Waals surface area contributed by atoms with Crippen molar-refractivity contribution in [3.05, 3.63) is 79.4 Å². The van der Waals surface area contributed by atoms with E-state index in [1.54, 1.807) is 7.11 Å². The largest absolute Gasteiger partial charge is 0.382 e. The Morgan fingerprint density at radius 3 is 2.66 bits per heavy atom. The number of benzene rings is 1. The first kappa shape index (κ1) is 23.7. The lowest BCUT2D eigenvalue weighted by Crippen LogP contribution is -2.44. The van der Waals surface area contributed by atoms with Crippen molar-refractivity contribution in [3.63, 3.8) is 0 Å². The first-order valence-corrected chi connectivity index (χ1v) is 10.3. The van der Waals surface area contributed by atoms with Crippen LogP contribution in [0.2, 0.25) is 0 Å². The summed E-state index contributed by atoms with van der Waals surface area (Å²) in [6, 6.07) is 10.1. The van der Waals surface area contributed by atoms with Gasteiger partial charge in [0.15, 0.2) is 6.23 Å². The van der Waals surface area contributed by atoms with Crippen LogP contribution in [0.1, 0.15) is 25.1 Å². The average molecular weight is 445 g/mol. The molecular weight excluding hydrogens is 418 g/mol. The SMILES string of the molecule is CC[C@H]1O[C@@H](n2ccc(=O)n(COCc3ccccc3)c2=O)[C@H](OCCOC)[C@@H]1N=[N+]=[N-]. The zero-order valence-electron chi connectivity index (χ0n) is 18.1. The fraction of sp³-hybridized carbons (Fsp3) is 0.524. The molecule has 0 N–H and O–H groups in total. The van der Waals surface area contributed by atoms with E-state index in [0.717, 1.165) is 10.1 Å². The number of rotatable bonds is 11. The molecular formula is C21H27N5O6. The summed E-state index contributed by atoms with van der Waals surface area (Å²) in [5.41, 5.74) is 8.83. The summed E-state index contributed by atoms with van der Waals surface area (Å²) in [6.07, 6.45) is -0.120. The highest BCUT2D eigenvalue weighted by molar-refractivity contribution is 5.13. The van der Waals surface area contributed by atoms with Crippen molar-refractivity contribution < 1.29 is 18.9 Å².